The molecular formula is C27H28Cl2N4O3. The van der Waals surface area contributed by atoms with Crippen molar-refractivity contribution < 1.29 is 14.3 Å². The first-order valence-corrected chi connectivity index (χ1v) is 12.1. The van der Waals surface area contributed by atoms with Crippen molar-refractivity contribution in [2.75, 3.05) is 52.0 Å². The summed E-state index contributed by atoms with van der Waals surface area (Å²) >= 11 is 13.2. The van der Waals surface area contributed by atoms with Gasteiger partial charge in [-0.1, -0.05) is 35.3 Å². The molecule has 0 aliphatic carbocycles. The molecule has 188 valence electrons. The van der Waals surface area contributed by atoms with E-state index in [9.17, 15) is 4.79 Å². The highest BCUT2D eigenvalue weighted by molar-refractivity contribution is 6.41. The van der Waals surface area contributed by atoms with Gasteiger partial charge in [0.15, 0.2) is 0 Å². The van der Waals surface area contributed by atoms with Gasteiger partial charge in [0.1, 0.15) is 11.5 Å². The number of anilines is 2. The number of fused-ring (bicyclic) bond motifs is 1. The Morgan fingerprint density at radius 3 is 2.25 bits per heavy atom. The molecule has 0 saturated carbocycles. The third-order valence-electron chi connectivity index (χ3n) is 5.83. The number of aromatic amines is 1. The van der Waals surface area contributed by atoms with E-state index in [1.807, 2.05) is 44.4 Å². The number of amides is 1. The number of nitrogens with zero attached hydrogens (tertiary/aromatic N) is 1. The number of rotatable bonds is 9. The van der Waals surface area contributed by atoms with E-state index in [1.165, 1.54) is 14.2 Å². The number of ether oxygens (including phenoxy) is 2. The second-order valence-electron chi connectivity index (χ2n) is 8.51. The summed E-state index contributed by atoms with van der Waals surface area (Å²) in [5.41, 5.74) is 4.43. The van der Waals surface area contributed by atoms with Crippen molar-refractivity contribution in [3.8, 4) is 22.6 Å². The quantitative estimate of drug-likeness (QED) is 0.235. The second kappa shape index (κ2) is 11.1. The maximum atomic E-state index is 12.9. The first-order valence-electron chi connectivity index (χ1n) is 11.3. The lowest BCUT2D eigenvalue weighted by atomic mass is 10.0. The lowest BCUT2D eigenvalue weighted by molar-refractivity contribution is 0.102. The average molecular weight is 527 g/mol. The monoisotopic (exact) mass is 526 g/mol. The number of halogens is 2. The number of methoxy groups -OCH3 is 2. The highest BCUT2D eigenvalue weighted by Gasteiger charge is 2.19. The molecule has 0 aliphatic heterocycles. The van der Waals surface area contributed by atoms with E-state index in [0.29, 0.717) is 38.4 Å². The molecule has 0 unspecified atom stereocenters. The fourth-order valence-corrected chi connectivity index (χ4v) is 4.60. The summed E-state index contributed by atoms with van der Waals surface area (Å²) in [6.45, 7) is 1.75. The molecule has 7 nitrogen and oxygen atoms in total. The minimum Gasteiger partial charge on any atom is -0.495 e. The first-order chi connectivity index (χ1) is 17.3. The van der Waals surface area contributed by atoms with Gasteiger partial charge in [-0.2, -0.15) is 0 Å². The van der Waals surface area contributed by atoms with Gasteiger partial charge < -0.3 is 30.0 Å². The fraction of sp³-hybridized carbons (Fsp3) is 0.222. The molecule has 0 saturated heterocycles. The predicted molar refractivity (Wildman–Crippen MR) is 148 cm³/mol. The lowest BCUT2D eigenvalue weighted by Crippen LogP contribution is -2.20. The Bertz CT molecular complexity index is 1360. The SMILES string of the molecule is COc1cc(OC)c(Cl)c(-c2ccc3c(NC(=O)c4ccc(NCCN(C)C)cc4)c[nH]c3c2)c1Cl. The van der Waals surface area contributed by atoms with Gasteiger partial charge in [-0.3, -0.25) is 4.79 Å². The van der Waals surface area contributed by atoms with Crippen LogP contribution in [0.3, 0.4) is 0 Å². The van der Waals surface area contributed by atoms with Crippen LogP contribution in [0.25, 0.3) is 22.0 Å². The van der Waals surface area contributed by atoms with Crippen LogP contribution in [-0.2, 0) is 0 Å². The highest BCUT2D eigenvalue weighted by atomic mass is 35.5. The van der Waals surface area contributed by atoms with Crippen LogP contribution in [0.1, 0.15) is 10.4 Å². The Labute approximate surface area is 220 Å². The summed E-state index contributed by atoms with van der Waals surface area (Å²) in [4.78, 5) is 18.2. The molecule has 0 spiro atoms. The molecule has 36 heavy (non-hydrogen) atoms. The predicted octanol–water partition coefficient (Wildman–Crippen LogP) is 6.38. The average Bonchev–Trinajstić information content (AvgIpc) is 3.26. The van der Waals surface area contributed by atoms with Gasteiger partial charge in [0.05, 0.1) is 30.0 Å². The first kappa shape index (κ1) is 25.7. The molecule has 0 radical (unpaired) electrons. The van der Waals surface area contributed by atoms with Crippen LogP contribution < -0.4 is 20.1 Å². The van der Waals surface area contributed by atoms with Gasteiger partial charge in [0, 0.05) is 53.1 Å². The molecule has 0 bridgehead atoms. The Balaban J connectivity index is 1.55. The van der Waals surface area contributed by atoms with Crippen LogP contribution >= 0.6 is 23.2 Å². The van der Waals surface area contributed by atoms with Crippen LogP contribution in [0, 0.1) is 0 Å². The number of likely N-dealkylation sites (N-methyl/N-ethyl adjacent to an activating group) is 1. The summed E-state index contributed by atoms with van der Waals surface area (Å²) in [5, 5.41) is 7.97. The number of benzene rings is 3. The van der Waals surface area contributed by atoms with E-state index in [-0.39, 0.29) is 5.91 Å². The highest BCUT2D eigenvalue weighted by Crippen LogP contribution is 2.46. The van der Waals surface area contributed by atoms with Gasteiger partial charge in [-0.25, -0.2) is 0 Å². The van der Waals surface area contributed by atoms with Gasteiger partial charge in [-0.15, -0.1) is 0 Å². The number of carbonyl (C=O) groups excluding carboxylic acids is 1. The van der Waals surface area contributed by atoms with E-state index >= 15 is 0 Å². The maximum absolute atomic E-state index is 12.9. The van der Waals surface area contributed by atoms with E-state index < -0.39 is 0 Å². The molecule has 1 amide bonds. The normalized spacial score (nSPS) is 11.1. The van der Waals surface area contributed by atoms with Crippen molar-refractivity contribution in [1.82, 2.24) is 9.88 Å². The fourth-order valence-electron chi connectivity index (χ4n) is 3.88. The summed E-state index contributed by atoms with van der Waals surface area (Å²) in [7, 11) is 7.13. The lowest BCUT2D eigenvalue weighted by Gasteiger charge is -2.15. The van der Waals surface area contributed by atoms with Crippen LogP contribution in [0.2, 0.25) is 10.0 Å². The van der Waals surface area contributed by atoms with Crippen molar-refractivity contribution in [3.63, 3.8) is 0 Å². The molecule has 4 aromatic rings. The smallest absolute Gasteiger partial charge is 0.255 e. The molecule has 4 rings (SSSR count). The third kappa shape index (κ3) is 5.38. The summed E-state index contributed by atoms with van der Waals surface area (Å²) in [5.74, 6) is 0.737. The standard InChI is InChI=1S/C27H28Cl2N4O3/c1-33(2)12-11-30-18-8-5-16(6-9-18)27(34)32-21-15-31-20-13-17(7-10-19(20)21)24-25(28)22(35-3)14-23(36-4)26(24)29/h5-10,13-15,30-31H,11-12H2,1-4H3,(H,32,34). The number of hydrogen-bond donors (Lipinski definition) is 3. The van der Waals surface area contributed by atoms with Gasteiger partial charge >= 0.3 is 0 Å². The zero-order valence-electron chi connectivity index (χ0n) is 20.5. The minimum absolute atomic E-state index is 0.191. The number of aromatic nitrogens is 1. The van der Waals surface area contributed by atoms with Crippen LogP contribution in [0.5, 0.6) is 11.5 Å². The van der Waals surface area contributed by atoms with Crippen LogP contribution in [0.15, 0.2) is 54.7 Å². The van der Waals surface area contributed by atoms with E-state index in [1.54, 1.807) is 24.4 Å². The number of carbonyl (C=O) groups is 1. The number of hydrogen-bond acceptors (Lipinski definition) is 5. The van der Waals surface area contributed by atoms with Gasteiger partial charge in [0.2, 0.25) is 0 Å². The van der Waals surface area contributed by atoms with Gasteiger partial charge in [-0.05, 0) is 50.0 Å². The Hall–Kier alpha value is -3.39. The summed E-state index contributed by atoms with van der Waals surface area (Å²) in [6.07, 6.45) is 1.76. The molecule has 0 atom stereocenters. The molecular weight excluding hydrogens is 499 g/mol. The molecule has 1 aromatic heterocycles. The zero-order chi connectivity index (χ0) is 25.8. The molecule has 9 heteroatoms. The van der Waals surface area contributed by atoms with E-state index in [0.717, 1.165) is 35.2 Å². The molecule has 0 aliphatic rings. The zero-order valence-corrected chi connectivity index (χ0v) is 22.1. The number of nitrogens with one attached hydrogen (secondary N) is 3. The third-order valence-corrected chi connectivity index (χ3v) is 6.58. The van der Waals surface area contributed by atoms with Gasteiger partial charge in [0.25, 0.3) is 5.91 Å². The van der Waals surface area contributed by atoms with Crippen molar-refractivity contribution in [2.24, 2.45) is 0 Å². The van der Waals surface area contributed by atoms with Crippen LogP contribution in [-0.4, -0.2) is 57.2 Å². The van der Waals surface area contributed by atoms with Crippen LogP contribution in [0.4, 0.5) is 11.4 Å². The van der Waals surface area contributed by atoms with E-state index in [2.05, 4.69) is 20.5 Å². The van der Waals surface area contributed by atoms with E-state index in [4.69, 9.17) is 32.7 Å². The molecule has 3 aromatic carbocycles. The Morgan fingerprint density at radius 1 is 0.972 bits per heavy atom. The summed E-state index contributed by atoms with van der Waals surface area (Å²) in [6, 6.07) is 14.8. The second-order valence-corrected chi connectivity index (χ2v) is 9.26. The Kier molecular flexibility index (Phi) is 7.94. The summed E-state index contributed by atoms with van der Waals surface area (Å²) < 4.78 is 10.8. The maximum Gasteiger partial charge on any atom is 0.255 e. The number of H-pyrrole nitrogens is 1. The Morgan fingerprint density at radius 2 is 1.64 bits per heavy atom. The van der Waals surface area contributed by atoms with Crippen molar-refractivity contribution >= 4 is 51.4 Å². The minimum atomic E-state index is -0.191. The van der Waals surface area contributed by atoms with Crippen molar-refractivity contribution in [2.45, 2.75) is 0 Å². The topological polar surface area (TPSA) is 78.6 Å². The largest absolute Gasteiger partial charge is 0.495 e. The molecule has 0 fully saturated rings. The molecule has 3 N–H and O–H groups in total. The molecule has 1 heterocycles. The van der Waals surface area contributed by atoms with Crippen molar-refractivity contribution in [3.05, 3.63) is 70.3 Å². The van der Waals surface area contributed by atoms with Crippen molar-refractivity contribution in [1.29, 1.82) is 0 Å².